The Morgan fingerprint density at radius 3 is 2.50 bits per heavy atom. The standard InChI is InChI=1S/C13H17NO4/c1-9(15)13(16)14-7-6-10-4-5-11(17-2)8-12(10)18-3/h4-5,8H,6-7H2,1-3H3,(H,14,16). The molecule has 18 heavy (non-hydrogen) atoms. The normalized spacial score (nSPS) is 9.72. The lowest BCUT2D eigenvalue weighted by Gasteiger charge is -2.10. The minimum absolute atomic E-state index is 0.390. The summed E-state index contributed by atoms with van der Waals surface area (Å²) in [5.41, 5.74) is 0.946. The second-order valence-electron chi connectivity index (χ2n) is 3.74. The number of Topliss-reactive ketones (excluding diaryl/α,β-unsaturated/α-hetero) is 1. The quantitative estimate of drug-likeness (QED) is 0.765. The highest BCUT2D eigenvalue weighted by Crippen LogP contribution is 2.24. The van der Waals surface area contributed by atoms with E-state index in [1.807, 2.05) is 12.1 Å². The van der Waals surface area contributed by atoms with Crippen LogP contribution in [0.3, 0.4) is 0 Å². The average Bonchev–Trinajstić information content (AvgIpc) is 2.38. The van der Waals surface area contributed by atoms with Crippen molar-refractivity contribution in [3.8, 4) is 11.5 Å². The Morgan fingerprint density at radius 1 is 1.22 bits per heavy atom. The smallest absolute Gasteiger partial charge is 0.287 e. The van der Waals surface area contributed by atoms with Gasteiger partial charge in [0.2, 0.25) is 5.78 Å². The molecule has 0 spiro atoms. The molecular formula is C13H17NO4. The summed E-state index contributed by atoms with van der Waals surface area (Å²) < 4.78 is 10.3. The molecule has 5 nitrogen and oxygen atoms in total. The van der Waals surface area contributed by atoms with Crippen LogP contribution in [-0.2, 0) is 16.0 Å². The molecule has 0 aromatic heterocycles. The first-order chi connectivity index (χ1) is 8.58. The molecule has 0 aliphatic carbocycles. The average molecular weight is 251 g/mol. The zero-order valence-corrected chi connectivity index (χ0v) is 10.8. The second-order valence-corrected chi connectivity index (χ2v) is 3.74. The molecule has 98 valence electrons. The number of carbonyl (C=O) groups excluding carboxylic acids is 2. The molecule has 1 rings (SSSR count). The van der Waals surface area contributed by atoms with Crippen molar-refractivity contribution in [1.82, 2.24) is 5.32 Å². The van der Waals surface area contributed by atoms with Crippen LogP contribution in [-0.4, -0.2) is 32.5 Å². The summed E-state index contributed by atoms with van der Waals surface area (Å²) >= 11 is 0. The van der Waals surface area contributed by atoms with Crippen molar-refractivity contribution in [2.24, 2.45) is 0 Å². The Balaban J connectivity index is 2.62. The molecule has 0 aliphatic heterocycles. The summed E-state index contributed by atoms with van der Waals surface area (Å²) in [6, 6.07) is 5.48. The maximum atomic E-state index is 11.1. The molecule has 1 amide bonds. The lowest BCUT2D eigenvalue weighted by Crippen LogP contribution is -2.30. The Morgan fingerprint density at radius 2 is 1.94 bits per heavy atom. The molecular weight excluding hydrogens is 234 g/mol. The number of hydrogen-bond acceptors (Lipinski definition) is 4. The predicted octanol–water partition coefficient (Wildman–Crippen LogP) is 0.952. The van der Waals surface area contributed by atoms with E-state index in [1.54, 1.807) is 20.3 Å². The Hall–Kier alpha value is -2.04. The number of rotatable bonds is 6. The van der Waals surface area contributed by atoms with Crippen LogP contribution < -0.4 is 14.8 Å². The summed E-state index contributed by atoms with van der Waals surface area (Å²) in [5, 5.41) is 2.54. The summed E-state index contributed by atoms with van der Waals surface area (Å²) in [4.78, 5) is 21.8. The number of nitrogens with one attached hydrogen (secondary N) is 1. The van der Waals surface area contributed by atoms with Crippen LogP contribution in [0.4, 0.5) is 0 Å². The number of hydrogen-bond donors (Lipinski definition) is 1. The van der Waals surface area contributed by atoms with Crippen molar-refractivity contribution in [3.05, 3.63) is 23.8 Å². The first-order valence-electron chi connectivity index (χ1n) is 5.58. The van der Waals surface area contributed by atoms with E-state index < -0.39 is 11.7 Å². The summed E-state index contributed by atoms with van der Waals surface area (Å²) in [7, 11) is 3.16. The summed E-state index contributed by atoms with van der Waals surface area (Å²) in [6.07, 6.45) is 0.589. The van der Waals surface area contributed by atoms with Gasteiger partial charge in [0, 0.05) is 19.5 Å². The highest BCUT2D eigenvalue weighted by Gasteiger charge is 2.08. The Bertz CT molecular complexity index is 443. The van der Waals surface area contributed by atoms with E-state index in [0.717, 1.165) is 5.56 Å². The van der Waals surface area contributed by atoms with Crippen molar-refractivity contribution >= 4 is 11.7 Å². The largest absolute Gasteiger partial charge is 0.497 e. The molecule has 0 radical (unpaired) electrons. The molecule has 0 aliphatic rings. The van der Waals surface area contributed by atoms with E-state index in [0.29, 0.717) is 24.5 Å². The molecule has 1 N–H and O–H groups in total. The molecule has 0 atom stereocenters. The Kier molecular flexibility index (Phi) is 5.17. The molecule has 0 saturated carbocycles. The van der Waals surface area contributed by atoms with Crippen LogP contribution in [0.1, 0.15) is 12.5 Å². The van der Waals surface area contributed by atoms with Crippen LogP contribution in [0.5, 0.6) is 11.5 Å². The van der Waals surface area contributed by atoms with Crippen molar-refractivity contribution in [1.29, 1.82) is 0 Å². The minimum atomic E-state index is -0.567. The molecule has 0 bridgehead atoms. The molecule has 1 aromatic carbocycles. The fraction of sp³-hybridized carbons (Fsp3) is 0.385. The second kappa shape index (κ2) is 6.64. The first-order valence-corrected chi connectivity index (χ1v) is 5.58. The number of ketones is 1. The van der Waals surface area contributed by atoms with Crippen molar-refractivity contribution in [3.63, 3.8) is 0 Å². The van der Waals surface area contributed by atoms with Crippen LogP contribution >= 0.6 is 0 Å². The predicted molar refractivity (Wildman–Crippen MR) is 66.9 cm³/mol. The van der Waals surface area contributed by atoms with Gasteiger partial charge in [0.15, 0.2) is 0 Å². The van der Waals surface area contributed by atoms with Gasteiger partial charge in [-0.15, -0.1) is 0 Å². The maximum Gasteiger partial charge on any atom is 0.287 e. The van der Waals surface area contributed by atoms with Gasteiger partial charge < -0.3 is 14.8 Å². The van der Waals surface area contributed by atoms with Gasteiger partial charge >= 0.3 is 0 Å². The van der Waals surface area contributed by atoms with E-state index >= 15 is 0 Å². The van der Waals surface area contributed by atoms with Crippen LogP contribution in [0, 0.1) is 0 Å². The number of methoxy groups -OCH3 is 2. The van der Waals surface area contributed by atoms with E-state index in [4.69, 9.17) is 9.47 Å². The van der Waals surface area contributed by atoms with Gasteiger partial charge in [-0.25, -0.2) is 0 Å². The third-order valence-electron chi connectivity index (χ3n) is 2.49. The number of ether oxygens (including phenoxy) is 2. The van der Waals surface area contributed by atoms with Crippen LogP contribution in [0.2, 0.25) is 0 Å². The topological polar surface area (TPSA) is 64.6 Å². The fourth-order valence-corrected chi connectivity index (χ4v) is 1.49. The lowest BCUT2D eigenvalue weighted by molar-refractivity contribution is -0.136. The van der Waals surface area contributed by atoms with Crippen molar-refractivity contribution in [2.45, 2.75) is 13.3 Å². The third kappa shape index (κ3) is 3.76. The van der Waals surface area contributed by atoms with Gasteiger partial charge in [-0.3, -0.25) is 9.59 Å². The first kappa shape index (κ1) is 14.0. The minimum Gasteiger partial charge on any atom is -0.497 e. The molecule has 0 unspecified atom stereocenters. The van der Waals surface area contributed by atoms with Crippen LogP contribution in [0.15, 0.2) is 18.2 Å². The zero-order chi connectivity index (χ0) is 13.5. The van der Waals surface area contributed by atoms with Gasteiger partial charge in [0.1, 0.15) is 11.5 Å². The van der Waals surface area contributed by atoms with E-state index in [1.165, 1.54) is 6.92 Å². The third-order valence-corrected chi connectivity index (χ3v) is 2.49. The molecule has 1 aromatic rings. The van der Waals surface area contributed by atoms with Crippen molar-refractivity contribution < 1.29 is 19.1 Å². The summed E-state index contributed by atoms with van der Waals surface area (Å²) in [6.45, 7) is 1.63. The molecule has 0 saturated heterocycles. The molecule has 5 heteroatoms. The molecule has 0 heterocycles. The highest BCUT2D eigenvalue weighted by atomic mass is 16.5. The van der Waals surface area contributed by atoms with Gasteiger partial charge in [0.25, 0.3) is 5.91 Å². The number of carbonyl (C=O) groups is 2. The Labute approximate surface area is 106 Å². The van der Waals surface area contributed by atoms with E-state index in [9.17, 15) is 9.59 Å². The van der Waals surface area contributed by atoms with Gasteiger partial charge in [0.05, 0.1) is 14.2 Å². The van der Waals surface area contributed by atoms with E-state index in [-0.39, 0.29) is 0 Å². The fourth-order valence-electron chi connectivity index (χ4n) is 1.49. The van der Waals surface area contributed by atoms with Crippen LogP contribution in [0.25, 0.3) is 0 Å². The van der Waals surface area contributed by atoms with Gasteiger partial charge in [-0.05, 0) is 18.1 Å². The zero-order valence-electron chi connectivity index (χ0n) is 10.8. The number of amides is 1. The summed E-state index contributed by atoms with van der Waals surface area (Å²) in [5.74, 6) is 0.356. The molecule has 0 fully saturated rings. The monoisotopic (exact) mass is 251 g/mol. The van der Waals surface area contributed by atoms with E-state index in [2.05, 4.69) is 5.32 Å². The highest BCUT2D eigenvalue weighted by molar-refractivity contribution is 6.35. The van der Waals surface area contributed by atoms with Gasteiger partial charge in [-0.2, -0.15) is 0 Å². The lowest BCUT2D eigenvalue weighted by atomic mass is 10.1. The van der Waals surface area contributed by atoms with Gasteiger partial charge in [-0.1, -0.05) is 6.07 Å². The SMILES string of the molecule is COc1ccc(CCNC(=O)C(C)=O)c(OC)c1. The maximum absolute atomic E-state index is 11.1. The van der Waals surface area contributed by atoms with Crippen molar-refractivity contribution in [2.75, 3.05) is 20.8 Å². The number of benzene rings is 1.